The van der Waals surface area contributed by atoms with Crippen molar-refractivity contribution in [3.8, 4) is 5.75 Å². The van der Waals surface area contributed by atoms with Gasteiger partial charge in [0.25, 0.3) is 0 Å². The number of methoxy groups -OCH3 is 1. The molecule has 1 atom stereocenters. The minimum absolute atomic E-state index is 0.189. The van der Waals surface area contributed by atoms with Crippen LogP contribution in [0.15, 0.2) is 18.2 Å². The molecule has 94 valence electrons. The van der Waals surface area contributed by atoms with E-state index in [1.807, 2.05) is 0 Å². The first kappa shape index (κ1) is 12.2. The van der Waals surface area contributed by atoms with Gasteiger partial charge in [-0.25, -0.2) is 4.39 Å². The standard InChI is InChI=1S/C13H18FNO2/c1-16-10-5-6-12(14)13(8-10)15-9-11-4-2-3-7-17-11/h5-6,8,11,15H,2-4,7,9H2,1H3. The maximum atomic E-state index is 13.5. The zero-order chi connectivity index (χ0) is 12.1. The normalized spacial score (nSPS) is 20.0. The fourth-order valence-electron chi connectivity index (χ4n) is 1.96. The molecule has 17 heavy (non-hydrogen) atoms. The molecule has 0 saturated carbocycles. The first-order chi connectivity index (χ1) is 8.29. The molecule has 0 aromatic heterocycles. The topological polar surface area (TPSA) is 30.5 Å². The van der Waals surface area contributed by atoms with Gasteiger partial charge in [-0.2, -0.15) is 0 Å². The Kier molecular flexibility index (Phi) is 4.20. The van der Waals surface area contributed by atoms with Crippen LogP contribution in [0.3, 0.4) is 0 Å². The summed E-state index contributed by atoms with van der Waals surface area (Å²) in [5.41, 5.74) is 0.471. The molecule has 1 aliphatic rings. The summed E-state index contributed by atoms with van der Waals surface area (Å²) in [5.74, 6) is 0.389. The molecular formula is C13H18FNO2. The van der Waals surface area contributed by atoms with E-state index >= 15 is 0 Å². The fraction of sp³-hybridized carbons (Fsp3) is 0.538. The summed E-state index contributed by atoms with van der Waals surface area (Å²) in [6, 6.07) is 4.68. The molecule has 1 aromatic rings. The number of anilines is 1. The molecule has 1 N–H and O–H groups in total. The van der Waals surface area contributed by atoms with E-state index in [4.69, 9.17) is 9.47 Å². The Hall–Kier alpha value is -1.29. The zero-order valence-corrected chi connectivity index (χ0v) is 10.0. The van der Waals surface area contributed by atoms with Gasteiger partial charge in [0.15, 0.2) is 0 Å². The molecule has 1 unspecified atom stereocenters. The van der Waals surface area contributed by atoms with Crippen LogP contribution in [-0.4, -0.2) is 26.4 Å². The van der Waals surface area contributed by atoms with Gasteiger partial charge in [-0.15, -0.1) is 0 Å². The number of nitrogens with one attached hydrogen (secondary N) is 1. The molecule has 0 bridgehead atoms. The van der Waals surface area contributed by atoms with Crippen LogP contribution in [0, 0.1) is 5.82 Å². The van der Waals surface area contributed by atoms with Crippen molar-refractivity contribution in [2.24, 2.45) is 0 Å². The summed E-state index contributed by atoms with van der Waals surface area (Å²) < 4.78 is 24.1. The van der Waals surface area contributed by atoms with Crippen LogP contribution in [-0.2, 0) is 4.74 Å². The van der Waals surface area contributed by atoms with Crippen molar-refractivity contribution in [1.82, 2.24) is 0 Å². The van der Waals surface area contributed by atoms with Crippen molar-refractivity contribution in [3.63, 3.8) is 0 Å². The van der Waals surface area contributed by atoms with Crippen LogP contribution in [0.5, 0.6) is 5.75 Å². The summed E-state index contributed by atoms with van der Waals surface area (Å²) in [5, 5.41) is 3.08. The number of rotatable bonds is 4. The second kappa shape index (κ2) is 5.87. The fourth-order valence-corrected chi connectivity index (χ4v) is 1.96. The van der Waals surface area contributed by atoms with Crippen LogP contribution in [0.1, 0.15) is 19.3 Å². The van der Waals surface area contributed by atoms with E-state index in [0.717, 1.165) is 19.4 Å². The molecule has 3 nitrogen and oxygen atoms in total. The number of halogens is 1. The summed E-state index contributed by atoms with van der Waals surface area (Å²) in [6.45, 7) is 1.46. The molecule has 0 amide bonds. The third kappa shape index (κ3) is 3.33. The second-order valence-corrected chi connectivity index (χ2v) is 4.22. The summed E-state index contributed by atoms with van der Waals surface area (Å²) >= 11 is 0. The molecule has 1 fully saturated rings. The van der Waals surface area contributed by atoms with E-state index in [1.165, 1.54) is 12.5 Å². The zero-order valence-electron chi connectivity index (χ0n) is 10.0. The monoisotopic (exact) mass is 239 g/mol. The van der Waals surface area contributed by atoms with Crippen LogP contribution >= 0.6 is 0 Å². The van der Waals surface area contributed by atoms with Gasteiger partial charge in [0.2, 0.25) is 0 Å². The first-order valence-electron chi connectivity index (χ1n) is 5.98. The van der Waals surface area contributed by atoms with Gasteiger partial charge >= 0.3 is 0 Å². The summed E-state index contributed by atoms with van der Waals surface area (Å²) in [7, 11) is 1.57. The van der Waals surface area contributed by atoms with Crippen molar-refractivity contribution in [1.29, 1.82) is 0 Å². The van der Waals surface area contributed by atoms with Gasteiger partial charge in [-0.1, -0.05) is 0 Å². The predicted molar refractivity (Wildman–Crippen MR) is 65.0 cm³/mol. The van der Waals surface area contributed by atoms with Crippen molar-refractivity contribution in [3.05, 3.63) is 24.0 Å². The van der Waals surface area contributed by atoms with E-state index < -0.39 is 0 Å². The lowest BCUT2D eigenvalue weighted by Gasteiger charge is -2.23. The van der Waals surface area contributed by atoms with E-state index in [0.29, 0.717) is 18.0 Å². The average Bonchev–Trinajstić information content (AvgIpc) is 2.39. The smallest absolute Gasteiger partial charge is 0.146 e. The number of hydrogen-bond acceptors (Lipinski definition) is 3. The molecule has 1 aromatic carbocycles. The SMILES string of the molecule is COc1ccc(F)c(NCC2CCCCO2)c1. The lowest BCUT2D eigenvalue weighted by Crippen LogP contribution is -2.27. The molecule has 0 spiro atoms. The molecular weight excluding hydrogens is 221 g/mol. The Bertz CT molecular complexity index is 364. The minimum atomic E-state index is -0.262. The van der Waals surface area contributed by atoms with Crippen molar-refractivity contribution >= 4 is 5.69 Å². The molecule has 0 aliphatic carbocycles. The molecule has 0 radical (unpaired) electrons. The maximum Gasteiger partial charge on any atom is 0.146 e. The van der Waals surface area contributed by atoms with Crippen molar-refractivity contribution in [2.75, 3.05) is 25.6 Å². The molecule has 1 heterocycles. The van der Waals surface area contributed by atoms with E-state index in [-0.39, 0.29) is 11.9 Å². The highest BCUT2D eigenvalue weighted by Crippen LogP contribution is 2.22. The van der Waals surface area contributed by atoms with Crippen molar-refractivity contribution < 1.29 is 13.9 Å². The van der Waals surface area contributed by atoms with E-state index in [9.17, 15) is 4.39 Å². The minimum Gasteiger partial charge on any atom is -0.497 e. The molecule has 2 rings (SSSR count). The Morgan fingerprint density at radius 2 is 2.35 bits per heavy atom. The Balaban J connectivity index is 1.92. The quantitative estimate of drug-likeness (QED) is 0.876. The summed E-state index contributed by atoms with van der Waals surface area (Å²) in [4.78, 5) is 0. The van der Waals surface area contributed by atoms with Crippen molar-refractivity contribution in [2.45, 2.75) is 25.4 Å². The van der Waals surface area contributed by atoms with Gasteiger partial charge in [-0.3, -0.25) is 0 Å². The largest absolute Gasteiger partial charge is 0.497 e. The third-order valence-electron chi connectivity index (χ3n) is 2.97. The third-order valence-corrected chi connectivity index (χ3v) is 2.97. The van der Waals surface area contributed by atoms with Gasteiger partial charge < -0.3 is 14.8 Å². The van der Waals surface area contributed by atoms with Crippen LogP contribution in [0.2, 0.25) is 0 Å². The maximum absolute atomic E-state index is 13.5. The van der Waals surface area contributed by atoms with E-state index in [2.05, 4.69) is 5.32 Å². The van der Waals surface area contributed by atoms with Gasteiger partial charge in [0.05, 0.1) is 18.9 Å². The number of ether oxygens (including phenoxy) is 2. The Morgan fingerprint density at radius 3 is 3.06 bits per heavy atom. The Labute approximate surface area is 101 Å². The highest BCUT2D eigenvalue weighted by molar-refractivity contribution is 5.49. The van der Waals surface area contributed by atoms with Crippen LogP contribution in [0.25, 0.3) is 0 Å². The predicted octanol–water partition coefficient (Wildman–Crippen LogP) is 2.82. The van der Waals surface area contributed by atoms with Gasteiger partial charge in [0.1, 0.15) is 11.6 Å². The summed E-state index contributed by atoms with van der Waals surface area (Å²) in [6.07, 6.45) is 3.55. The van der Waals surface area contributed by atoms with Crippen LogP contribution in [0.4, 0.5) is 10.1 Å². The van der Waals surface area contributed by atoms with Gasteiger partial charge in [-0.05, 0) is 31.4 Å². The molecule has 1 aliphatic heterocycles. The Morgan fingerprint density at radius 1 is 1.47 bits per heavy atom. The van der Waals surface area contributed by atoms with Gasteiger partial charge in [0, 0.05) is 19.2 Å². The lowest BCUT2D eigenvalue weighted by atomic mass is 10.1. The highest BCUT2D eigenvalue weighted by Gasteiger charge is 2.14. The highest BCUT2D eigenvalue weighted by atomic mass is 19.1. The number of benzene rings is 1. The van der Waals surface area contributed by atoms with Crippen LogP contribution < -0.4 is 10.1 Å². The molecule has 4 heteroatoms. The average molecular weight is 239 g/mol. The first-order valence-corrected chi connectivity index (χ1v) is 5.98. The second-order valence-electron chi connectivity index (χ2n) is 4.22. The van der Waals surface area contributed by atoms with E-state index in [1.54, 1.807) is 19.2 Å². The molecule has 1 saturated heterocycles. The number of hydrogen-bond donors (Lipinski definition) is 1. The lowest BCUT2D eigenvalue weighted by molar-refractivity contribution is 0.0247.